The van der Waals surface area contributed by atoms with Gasteiger partial charge in [0.05, 0.1) is 6.20 Å². The first kappa shape index (κ1) is 12.3. The van der Waals surface area contributed by atoms with Crippen LogP contribution in [-0.2, 0) is 0 Å². The van der Waals surface area contributed by atoms with E-state index in [1.807, 2.05) is 19.0 Å². The summed E-state index contributed by atoms with van der Waals surface area (Å²) in [6.45, 7) is 1.43. The smallest absolute Gasteiger partial charge is 0.188 e. The Morgan fingerprint density at radius 3 is 2.81 bits per heavy atom. The number of nitrogens with two attached hydrogens (primary N) is 1. The molecule has 6 heteroatoms. The average Bonchev–Trinajstić information content (AvgIpc) is 2.28. The first-order chi connectivity index (χ1) is 7.63. The SMILES string of the molecule is CN(C)CCOc1ccc(/C(N)=N/O)nc1. The molecule has 0 spiro atoms. The Labute approximate surface area is 94.3 Å². The summed E-state index contributed by atoms with van der Waals surface area (Å²) in [6.07, 6.45) is 1.54. The quantitative estimate of drug-likeness (QED) is 0.321. The summed E-state index contributed by atoms with van der Waals surface area (Å²) in [4.78, 5) is 6.02. The molecule has 3 N–H and O–H groups in total. The molecule has 1 heterocycles. The summed E-state index contributed by atoms with van der Waals surface area (Å²) in [5.74, 6) is 0.649. The minimum absolute atomic E-state index is 0.0140. The lowest BCUT2D eigenvalue weighted by atomic mass is 10.3. The number of rotatable bonds is 5. The second-order valence-electron chi connectivity index (χ2n) is 3.52. The lowest BCUT2D eigenvalue weighted by Gasteiger charge is -2.10. The van der Waals surface area contributed by atoms with Crippen molar-refractivity contribution in [3.63, 3.8) is 0 Å². The summed E-state index contributed by atoms with van der Waals surface area (Å²) in [5, 5.41) is 11.3. The van der Waals surface area contributed by atoms with Gasteiger partial charge in [0.2, 0.25) is 0 Å². The van der Waals surface area contributed by atoms with E-state index in [2.05, 4.69) is 10.1 Å². The highest BCUT2D eigenvalue weighted by atomic mass is 16.5. The van der Waals surface area contributed by atoms with Crippen molar-refractivity contribution >= 4 is 5.84 Å². The van der Waals surface area contributed by atoms with Crippen molar-refractivity contribution < 1.29 is 9.94 Å². The largest absolute Gasteiger partial charge is 0.491 e. The highest BCUT2D eigenvalue weighted by molar-refractivity contribution is 5.95. The van der Waals surface area contributed by atoms with E-state index in [0.717, 1.165) is 6.54 Å². The number of hydrogen-bond acceptors (Lipinski definition) is 5. The van der Waals surface area contributed by atoms with Crippen molar-refractivity contribution in [2.24, 2.45) is 10.9 Å². The first-order valence-electron chi connectivity index (χ1n) is 4.85. The Kier molecular flexibility index (Phi) is 4.53. The Hall–Kier alpha value is -1.82. The molecule has 1 aromatic heterocycles. The third kappa shape index (κ3) is 3.74. The van der Waals surface area contributed by atoms with Gasteiger partial charge < -0.3 is 20.6 Å². The average molecular weight is 224 g/mol. The molecule has 0 aliphatic rings. The fourth-order valence-corrected chi connectivity index (χ4v) is 1.01. The van der Waals surface area contributed by atoms with Crippen LogP contribution >= 0.6 is 0 Å². The molecule has 0 fully saturated rings. The van der Waals surface area contributed by atoms with E-state index in [-0.39, 0.29) is 5.84 Å². The van der Waals surface area contributed by atoms with E-state index >= 15 is 0 Å². The third-order valence-corrected chi connectivity index (χ3v) is 1.91. The van der Waals surface area contributed by atoms with Crippen LogP contribution in [0.2, 0.25) is 0 Å². The molecule has 0 aliphatic carbocycles. The van der Waals surface area contributed by atoms with Crippen LogP contribution in [0.3, 0.4) is 0 Å². The van der Waals surface area contributed by atoms with Crippen LogP contribution in [0.5, 0.6) is 5.75 Å². The second kappa shape index (κ2) is 5.92. The zero-order valence-corrected chi connectivity index (χ0v) is 9.42. The Bertz CT molecular complexity index is 348. The topological polar surface area (TPSA) is 84.0 Å². The number of pyridine rings is 1. The number of aromatic nitrogens is 1. The molecule has 6 nitrogen and oxygen atoms in total. The highest BCUT2D eigenvalue weighted by Crippen LogP contribution is 2.08. The Morgan fingerprint density at radius 1 is 1.56 bits per heavy atom. The van der Waals surface area contributed by atoms with E-state index in [4.69, 9.17) is 15.7 Å². The van der Waals surface area contributed by atoms with Crippen LogP contribution in [0.4, 0.5) is 0 Å². The van der Waals surface area contributed by atoms with Crippen LogP contribution in [0.1, 0.15) is 5.69 Å². The number of hydrogen-bond donors (Lipinski definition) is 2. The van der Waals surface area contributed by atoms with Crippen molar-refractivity contribution in [2.75, 3.05) is 27.2 Å². The summed E-state index contributed by atoms with van der Waals surface area (Å²) in [6, 6.07) is 3.37. The summed E-state index contributed by atoms with van der Waals surface area (Å²) in [5.41, 5.74) is 5.79. The van der Waals surface area contributed by atoms with Gasteiger partial charge in [-0.15, -0.1) is 0 Å². The standard InChI is InChI=1S/C10H16N4O2/c1-14(2)5-6-16-8-3-4-9(12-7-8)10(11)13-15/h3-4,7,15H,5-6H2,1-2H3,(H2,11,13). The van der Waals surface area contributed by atoms with Crippen LogP contribution in [0, 0.1) is 0 Å². The minimum atomic E-state index is -0.0140. The molecule has 16 heavy (non-hydrogen) atoms. The molecule has 0 amide bonds. The maximum absolute atomic E-state index is 8.45. The van der Waals surface area contributed by atoms with E-state index < -0.39 is 0 Å². The van der Waals surface area contributed by atoms with E-state index in [0.29, 0.717) is 18.1 Å². The van der Waals surface area contributed by atoms with Gasteiger partial charge in [0.1, 0.15) is 18.1 Å². The molecule has 0 atom stereocenters. The van der Waals surface area contributed by atoms with E-state index in [1.165, 1.54) is 0 Å². The zero-order valence-electron chi connectivity index (χ0n) is 9.42. The van der Waals surface area contributed by atoms with Gasteiger partial charge >= 0.3 is 0 Å². The van der Waals surface area contributed by atoms with Crippen LogP contribution in [-0.4, -0.2) is 48.2 Å². The molecule has 1 rings (SSSR count). The number of nitrogens with zero attached hydrogens (tertiary/aromatic N) is 3. The van der Waals surface area contributed by atoms with Crippen molar-refractivity contribution in [3.05, 3.63) is 24.0 Å². The molecule has 0 saturated heterocycles. The summed E-state index contributed by atoms with van der Waals surface area (Å²) >= 11 is 0. The predicted molar refractivity (Wildman–Crippen MR) is 60.8 cm³/mol. The Morgan fingerprint density at radius 2 is 2.31 bits per heavy atom. The molecule has 0 aromatic carbocycles. The van der Waals surface area contributed by atoms with Gasteiger partial charge in [-0.1, -0.05) is 5.16 Å². The molecular formula is C10H16N4O2. The normalized spacial score (nSPS) is 11.8. The van der Waals surface area contributed by atoms with Gasteiger partial charge in [0, 0.05) is 6.54 Å². The summed E-state index contributed by atoms with van der Waals surface area (Å²) in [7, 11) is 3.95. The maximum Gasteiger partial charge on any atom is 0.188 e. The number of likely N-dealkylation sites (N-methyl/N-ethyl adjacent to an activating group) is 1. The predicted octanol–water partition coefficient (Wildman–Crippen LogP) is 0.116. The second-order valence-corrected chi connectivity index (χ2v) is 3.52. The number of ether oxygens (including phenoxy) is 1. The molecule has 0 saturated carbocycles. The van der Waals surface area contributed by atoms with Crippen LogP contribution in [0.25, 0.3) is 0 Å². The maximum atomic E-state index is 8.45. The van der Waals surface area contributed by atoms with Gasteiger partial charge in [-0.05, 0) is 26.2 Å². The van der Waals surface area contributed by atoms with Crippen molar-refractivity contribution in [2.45, 2.75) is 0 Å². The first-order valence-corrected chi connectivity index (χ1v) is 4.85. The molecule has 0 radical (unpaired) electrons. The van der Waals surface area contributed by atoms with Gasteiger partial charge in [0.15, 0.2) is 5.84 Å². The Balaban J connectivity index is 2.52. The molecule has 0 aliphatic heterocycles. The third-order valence-electron chi connectivity index (χ3n) is 1.91. The fourth-order valence-electron chi connectivity index (χ4n) is 1.01. The fraction of sp³-hybridized carbons (Fsp3) is 0.400. The van der Waals surface area contributed by atoms with Crippen molar-refractivity contribution in [3.8, 4) is 5.75 Å². The minimum Gasteiger partial charge on any atom is -0.491 e. The van der Waals surface area contributed by atoms with Crippen molar-refractivity contribution in [1.82, 2.24) is 9.88 Å². The van der Waals surface area contributed by atoms with Crippen LogP contribution < -0.4 is 10.5 Å². The molecule has 88 valence electrons. The lowest BCUT2D eigenvalue weighted by molar-refractivity contribution is 0.260. The highest BCUT2D eigenvalue weighted by Gasteiger charge is 2.01. The van der Waals surface area contributed by atoms with E-state index in [9.17, 15) is 0 Å². The van der Waals surface area contributed by atoms with E-state index in [1.54, 1.807) is 18.3 Å². The van der Waals surface area contributed by atoms with Gasteiger partial charge in [-0.3, -0.25) is 0 Å². The molecular weight excluding hydrogens is 208 g/mol. The lowest BCUT2D eigenvalue weighted by Crippen LogP contribution is -2.19. The summed E-state index contributed by atoms with van der Waals surface area (Å²) < 4.78 is 5.44. The number of oxime groups is 1. The molecule has 0 bridgehead atoms. The number of amidine groups is 1. The van der Waals surface area contributed by atoms with Gasteiger partial charge in [-0.25, -0.2) is 4.98 Å². The molecule has 1 aromatic rings. The molecule has 0 unspecified atom stereocenters. The van der Waals surface area contributed by atoms with Crippen LogP contribution in [0.15, 0.2) is 23.5 Å². The van der Waals surface area contributed by atoms with Gasteiger partial charge in [-0.2, -0.15) is 0 Å². The van der Waals surface area contributed by atoms with Crippen molar-refractivity contribution in [1.29, 1.82) is 0 Å². The van der Waals surface area contributed by atoms with Gasteiger partial charge in [0.25, 0.3) is 0 Å². The monoisotopic (exact) mass is 224 g/mol. The zero-order chi connectivity index (χ0) is 12.0.